The van der Waals surface area contributed by atoms with Crippen molar-refractivity contribution in [2.45, 2.75) is 149 Å². The van der Waals surface area contributed by atoms with Gasteiger partial charge in [0, 0.05) is 23.9 Å². The van der Waals surface area contributed by atoms with Crippen LogP contribution in [0.15, 0.2) is 24.4 Å². The molecule has 2 spiro atoms. The average molecular weight is 695 g/mol. The summed E-state index contributed by atoms with van der Waals surface area (Å²) in [7, 11) is 0. The number of hydrogen-bond donors (Lipinski definition) is 3. The van der Waals surface area contributed by atoms with Gasteiger partial charge in [-0.3, -0.25) is 9.78 Å². The Morgan fingerprint density at radius 3 is 2.56 bits per heavy atom. The van der Waals surface area contributed by atoms with Gasteiger partial charge in [0.25, 0.3) is 0 Å². The SMILES string of the molecule is C[C@@H]1CC([C@H](O)C(C)(C)O)OC2[C@H]1[C@@]1(C)CC[C@@]34C[C@@]35CCC(O[C@H]3CN(C(=O)Cc6ccccn6)CCO3)C(C)(C)[C@@H]5CCC4[C@]1(C)[C@H]2O. The molecule has 2 aliphatic heterocycles. The normalized spacial score (nSPS) is 48.4. The second kappa shape index (κ2) is 11.7. The number of morpholine rings is 1. The van der Waals surface area contributed by atoms with Crippen LogP contribution >= 0.6 is 0 Å². The van der Waals surface area contributed by atoms with Crippen LogP contribution in [0.25, 0.3) is 0 Å². The maximum Gasteiger partial charge on any atom is 0.228 e. The number of ether oxygens (including phenoxy) is 3. The molecule has 4 unspecified atom stereocenters. The highest BCUT2D eigenvalue weighted by molar-refractivity contribution is 5.78. The fourth-order valence-electron chi connectivity index (χ4n) is 14.1. The maximum absolute atomic E-state index is 13.2. The quantitative estimate of drug-likeness (QED) is 0.375. The van der Waals surface area contributed by atoms with E-state index >= 15 is 0 Å². The van der Waals surface area contributed by atoms with Crippen LogP contribution in [-0.2, 0) is 25.4 Å². The number of aromatic nitrogens is 1. The molecule has 9 nitrogen and oxygen atoms in total. The zero-order valence-electron chi connectivity index (χ0n) is 31.4. The van der Waals surface area contributed by atoms with E-state index in [-0.39, 0.29) is 57.0 Å². The predicted octanol–water partition coefficient (Wildman–Crippen LogP) is 5.14. The molecule has 3 N–H and O–H groups in total. The second-order valence-corrected chi connectivity index (χ2v) is 19.4. The minimum Gasteiger partial charge on any atom is -0.390 e. The number of rotatable bonds is 6. The molecule has 7 fully saturated rings. The second-order valence-electron chi connectivity index (χ2n) is 19.4. The molecule has 0 radical (unpaired) electrons. The summed E-state index contributed by atoms with van der Waals surface area (Å²) >= 11 is 0. The van der Waals surface area contributed by atoms with Gasteiger partial charge in [0.05, 0.1) is 49.6 Å². The zero-order chi connectivity index (χ0) is 35.6. The number of aliphatic hydroxyl groups excluding tert-OH is 2. The molecule has 14 atom stereocenters. The average Bonchev–Trinajstić information content (AvgIpc) is 3.70. The lowest BCUT2D eigenvalue weighted by atomic mass is 9.41. The Hall–Kier alpha value is -1.62. The molecule has 0 aromatic carbocycles. The molecule has 50 heavy (non-hydrogen) atoms. The number of hydrogen-bond acceptors (Lipinski definition) is 8. The van der Waals surface area contributed by atoms with Crippen molar-refractivity contribution in [1.29, 1.82) is 0 Å². The van der Waals surface area contributed by atoms with E-state index in [1.807, 2.05) is 23.1 Å². The van der Waals surface area contributed by atoms with Crippen molar-refractivity contribution < 1.29 is 34.3 Å². The van der Waals surface area contributed by atoms with Crippen molar-refractivity contribution in [3.8, 4) is 0 Å². The number of amides is 1. The lowest BCUT2D eigenvalue weighted by molar-refractivity contribution is -0.248. The standard InChI is InChI=1S/C41H62N2O7/c1-24-20-26(34(45)37(4,5)47)49-33-32(24)38(6)15-16-41-23-40(41)14-13-29(36(2,3)27(40)11-12-28(41)39(38,7)35(33)46)50-31-22-43(18-19-48-31)30(44)21-25-10-8-9-17-42-25/h8-10,17,24,26-29,31-35,45-47H,11-16,18-23H2,1-7H3/t24-,26?,27+,28?,29?,31+,32+,33?,34+,35+,38-,39-,40-,41+/m1/s1. The van der Waals surface area contributed by atoms with E-state index in [0.29, 0.717) is 44.4 Å². The molecule has 1 aromatic rings. The van der Waals surface area contributed by atoms with E-state index in [1.165, 1.54) is 12.8 Å². The molecule has 5 aliphatic carbocycles. The number of nitrogens with zero attached hydrogens (tertiary/aromatic N) is 2. The third-order valence-electron chi connectivity index (χ3n) is 16.6. The maximum atomic E-state index is 13.2. The van der Waals surface area contributed by atoms with Crippen LogP contribution in [0.3, 0.4) is 0 Å². The van der Waals surface area contributed by atoms with Crippen LogP contribution in [0.5, 0.6) is 0 Å². The summed E-state index contributed by atoms with van der Waals surface area (Å²) in [5.74, 6) is 1.53. The van der Waals surface area contributed by atoms with Gasteiger partial charge in [-0.15, -0.1) is 0 Å². The Morgan fingerprint density at radius 2 is 1.84 bits per heavy atom. The largest absolute Gasteiger partial charge is 0.390 e. The minimum absolute atomic E-state index is 0.0433. The lowest BCUT2D eigenvalue weighted by Gasteiger charge is -2.64. The van der Waals surface area contributed by atoms with Crippen molar-refractivity contribution >= 4 is 5.91 Å². The Bertz CT molecular complexity index is 1470. The summed E-state index contributed by atoms with van der Waals surface area (Å²) in [6.45, 7) is 16.7. The molecule has 7 aliphatic rings. The van der Waals surface area contributed by atoms with Crippen LogP contribution in [0.4, 0.5) is 0 Å². The van der Waals surface area contributed by atoms with Gasteiger partial charge in [0.15, 0.2) is 6.29 Å². The Morgan fingerprint density at radius 1 is 1.10 bits per heavy atom. The van der Waals surface area contributed by atoms with Crippen molar-refractivity contribution in [3.63, 3.8) is 0 Å². The molecule has 8 rings (SSSR count). The molecule has 3 heterocycles. The van der Waals surface area contributed by atoms with E-state index in [4.69, 9.17) is 14.2 Å². The Balaban J connectivity index is 0.985. The first kappa shape index (κ1) is 35.4. The van der Waals surface area contributed by atoms with E-state index in [9.17, 15) is 20.1 Å². The van der Waals surface area contributed by atoms with E-state index in [2.05, 4.69) is 39.6 Å². The van der Waals surface area contributed by atoms with Crippen LogP contribution < -0.4 is 0 Å². The smallest absolute Gasteiger partial charge is 0.228 e. The molecule has 278 valence electrons. The van der Waals surface area contributed by atoms with Gasteiger partial charge in [0.2, 0.25) is 5.91 Å². The molecule has 9 heteroatoms. The summed E-state index contributed by atoms with van der Waals surface area (Å²) in [4.78, 5) is 19.4. The van der Waals surface area contributed by atoms with Crippen molar-refractivity contribution in [1.82, 2.24) is 9.88 Å². The molecular weight excluding hydrogens is 632 g/mol. The minimum atomic E-state index is -1.26. The highest BCUT2D eigenvalue weighted by Crippen LogP contribution is 2.89. The Kier molecular flexibility index (Phi) is 8.28. The van der Waals surface area contributed by atoms with Gasteiger partial charge in [-0.25, -0.2) is 0 Å². The first-order valence-corrected chi connectivity index (χ1v) is 19.7. The highest BCUT2D eigenvalue weighted by atomic mass is 16.7. The third-order valence-corrected chi connectivity index (χ3v) is 16.6. The summed E-state index contributed by atoms with van der Waals surface area (Å²) in [6, 6.07) is 5.68. The summed E-state index contributed by atoms with van der Waals surface area (Å²) in [6.07, 6.45) is 7.83. The molecular formula is C41H62N2O7. The van der Waals surface area contributed by atoms with Gasteiger partial charge in [-0.05, 0) is 123 Å². The zero-order valence-corrected chi connectivity index (χ0v) is 31.4. The van der Waals surface area contributed by atoms with E-state index in [1.54, 1.807) is 20.0 Å². The summed E-state index contributed by atoms with van der Waals surface area (Å²) in [5, 5.41) is 34.2. The summed E-state index contributed by atoms with van der Waals surface area (Å²) < 4.78 is 19.7. The van der Waals surface area contributed by atoms with E-state index < -0.39 is 30.2 Å². The summed E-state index contributed by atoms with van der Waals surface area (Å²) in [5.41, 5.74) is -0.366. The predicted molar refractivity (Wildman–Crippen MR) is 188 cm³/mol. The molecule has 0 bridgehead atoms. The third kappa shape index (κ3) is 4.85. The van der Waals surface area contributed by atoms with Gasteiger partial charge in [0.1, 0.15) is 6.10 Å². The lowest BCUT2D eigenvalue weighted by Crippen LogP contribution is -2.60. The van der Waals surface area contributed by atoms with Crippen molar-refractivity contribution in [2.75, 3.05) is 19.7 Å². The molecule has 5 saturated carbocycles. The van der Waals surface area contributed by atoms with Crippen molar-refractivity contribution in [2.24, 2.45) is 50.7 Å². The highest BCUT2D eigenvalue weighted by Gasteiger charge is 2.84. The van der Waals surface area contributed by atoms with Gasteiger partial charge < -0.3 is 34.4 Å². The van der Waals surface area contributed by atoms with Gasteiger partial charge >= 0.3 is 0 Å². The topological polar surface area (TPSA) is 122 Å². The molecule has 2 saturated heterocycles. The van der Waals surface area contributed by atoms with Crippen LogP contribution in [0, 0.1) is 50.7 Å². The first-order valence-electron chi connectivity index (χ1n) is 19.7. The fourth-order valence-corrected chi connectivity index (χ4v) is 14.1. The fraction of sp³-hybridized carbons (Fsp3) is 0.854. The Labute approximate surface area is 298 Å². The van der Waals surface area contributed by atoms with Crippen LogP contribution in [-0.4, -0.2) is 93.2 Å². The first-order chi connectivity index (χ1) is 23.5. The van der Waals surface area contributed by atoms with E-state index in [0.717, 1.165) is 37.8 Å². The number of fused-ring (bicyclic) bond motifs is 4. The monoisotopic (exact) mass is 694 g/mol. The molecule has 1 amide bonds. The molecule has 1 aromatic heterocycles. The number of aliphatic hydroxyl groups is 3. The van der Waals surface area contributed by atoms with Gasteiger partial charge in [-0.1, -0.05) is 40.7 Å². The van der Waals surface area contributed by atoms with Crippen molar-refractivity contribution in [3.05, 3.63) is 30.1 Å². The van der Waals surface area contributed by atoms with Crippen LogP contribution in [0.2, 0.25) is 0 Å². The number of carbonyl (C=O) groups is 1. The number of pyridine rings is 1. The van der Waals surface area contributed by atoms with Gasteiger partial charge in [-0.2, -0.15) is 0 Å². The van der Waals surface area contributed by atoms with Crippen LogP contribution in [0.1, 0.15) is 106 Å². The number of carbonyl (C=O) groups excluding carboxylic acids is 1.